The van der Waals surface area contributed by atoms with Crippen LogP contribution in [0.15, 0.2) is 42.5 Å². The maximum Gasteiger partial charge on any atom is 0.337 e. The molecule has 1 N–H and O–H groups in total. The van der Waals surface area contributed by atoms with E-state index in [4.69, 9.17) is 4.74 Å². The van der Waals surface area contributed by atoms with Crippen LogP contribution in [-0.4, -0.2) is 55.0 Å². The Bertz CT molecular complexity index is 1040. The smallest absolute Gasteiger partial charge is 0.337 e. The SMILES string of the molecule is COC(=O)c1cccc(NC(=O)c2ccc3c(c2)C(=O)N(C[C@H]2CCCO2)C3=O)c1. The van der Waals surface area contributed by atoms with Gasteiger partial charge in [0.2, 0.25) is 0 Å². The summed E-state index contributed by atoms with van der Waals surface area (Å²) in [6.07, 6.45) is 1.58. The zero-order chi connectivity index (χ0) is 21.3. The minimum absolute atomic E-state index is 0.142. The van der Waals surface area contributed by atoms with Gasteiger partial charge in [0.25, 0.3) is 17.7 Å². The second-order valence-corrected chi connectivity index (χ2v) is 7.14. The molecule has 2 aromatic rings. The molecular weight excluding hydrogens is 388 g/mol. The van der Waals surface area contributed by atoms with Gasteiger partial charge in [0.05, 0.1) is 36.4 Å². The van der Waals surface area contributed by atoms with Gasteiger partial charge in [0.15, 0.2) is 0 Å². The van der Waals surface area contributed by atoms with Gasteiger partial charge in [-0.3, -0.25) is 19.3 Å². The maximum absolute atomic E-state index is 12.7. The molecule has 0 saturated carbocycles. The van der Waals surface area contributed by atoms with Crippen molar-refractivity contribution in [3.8, 4) is 0 Å². The highest BCUT2D eigenvalue weighted by molar-refractivity contribution is 6.22. The van der Waals surface area contributed by atoms with Crippen LogP contribution in [0.25, 0.3) is 0 Å². The number of nitrogens with one attached hydrogen (secondary N) is 1. The number of rotatable bonds is 5. The van der Waals surface area contributed by atoms with E-state index < -0.39 is 17.8 Å². The van der Waals surface area contributed by atoms with E-state index in [2.05, 4.69) is 10.1 Å². The second kappa shape index (κ2) is 8.08. The molecule has 1 saturated heterocycles. The van der Waals surface area contributed by atoms with Crippen LogP contribution >= 0.6 is 0 Å². The molecule has 0 bridgehead atoms. The van der Waals surface area contributed by atoms with Crippen LogP contribution in [0.5, 0.6) is 0 Å². The van der Waals surface area contributed by atoms with Crippen LogP contribution < -0.4 is 5.32 Å². The Morgan fingerprint density at radius 1 is 1.10 bits per heavy atom. The number of methoxy groups -OCH3 is 1. The fraction of sp³-hybridized carbons (Fsp3) is 0.273. The number of anilines is 1. The number of esters is 1. The molecule has 0 radical (unpaired) electrons. The van der Waals surface area contributed by atoms with Crippen LogP contribution in [0.2, 0.25) is 0 Å². The van der Waals surface area contributed by atoms with E-state index in [-0.39, 0.29) is 35.2 Å². The summed E-state index contributed by atoms with van der Waals surface area (Å²) in [4.78, 5) is 50.8. The Morgan fingerprint density at radius 3 is 2.63 bits per heavy atom. The van der Waals surface area contributed by atoms with Gasteiger partial charge in [0, 0.05) is 17.9 Å². The summed E-state index contributed by atoms with van der Waals surface area (Å²) in [6, 6.07) is 10.7. The summed E-state index contributed by atoms with van der Waals surface area (Å²) >= 11 is 0. The van der Waals surface area contributed by atoms with E-state index in [1.165, 1.54) is 36.3 Å². The highest BCUT2D eigenvalue weighted by Gasteiger charge is 2.37. The fourth-order valence-corrected chi connectivity index (χ4v) is 3.63. The molecular formula is C22H20N2O6. The third kappa shape index (κ3) is 3.69. The molecule has 2 heterocycles. The minimum atomic E-state index is -0.515. The molecule has 2 aromatic carbocycles. The summed E-state index contributed by atoms with van der Waals surface area (Å²) in [7, 11) is 1.28. The van der Waals surface area contributed by atoms with Gasteiger partial charge in [-0.2, -0.15) is 0 Å². The molecule has 8 nitrogen and oxygen atoms in total. The van der Waals surface area contributed by atoms with Crippen molar-refractivity contribution in [2.45, 2.75) is 18.9 Å². The molecule has 2 aliphatic heterocycles. The molecule has 0 spiro atoms. The van der Waals surface area contributed by atoms with Gasteiger partial charge < -0.3 is 14.8 Å². The normalized spacial score (nSPS) is 17.8. The molecule has 1 atom stereocenters. The maximum atomic E-state index is 12.7. The summed E-state index contributed by atoms with van der Waals surface area (Å²) in [5.41, 5.74) is 1.43. The predicted octanol–water partition coefficient (Wildman–Crippen LogP) is 2.50. The summed E-state index contributed by atoms with van der Waals surface area (Å²) in [6.45, 7) is 0.851. The molecule has 0 unspecified atom stereocenters. The molecule has 4 rings (SSSR count). The molecule has 154 valence electrons. The number of ether oxygens (including phenoxy) is 2. The van der Waals surface area contributed by atoms with Crippen molar-refractivity contribution in [2.24, 2.45) is 0 Å². The zero-order valence-corrected chi connectivity index (χ0v) is 16.3. The first kappa shape index (κ1) is 19.8. The number of fused-ring (bicyclic) bond motifs is 1. The Hall–Kier alpha value is -3.52. The fourth-order valence-electron chi connectivity index (χ4n) is 3.63. The number of hydrogen-bond donors (Lipinski definition) is 1. The van der Waals surface area contributed by atoms with E-state index in [1.54, 1.807) is 18.2 Å². The highest BCUT2D eigenvalue weighted by atomic mass is 16.5. The van der Waals surface area contributed by atoms with Gasteiger partial charge in [-0.25, -0.2) is 4.79 Å². The quantitative estimate of drug-likeness (QED) is 0.603. The number of carbonyl (C=O) groups is 4. The van der Waals surface area contributed by atoms with Crippen LogP contribution in [0.3, 0.4) is 0 Å². The number of benzene rings is 2. The average Bonchev–Trinajstić information content (AvgIpc) is 3.36. The summed E-state index contributed by atoms with van der Waals surface area (Å²) in [5.74, 6) is -1.77. The molecule has 1 fully saturated rings. The van der Waals surface area contributed by atoms with E-state index in [9.17, 15) is 19.2 Å². The molecule has 30 heavy (non-hydrogen) atoms. The third-order valence-electron chi connectivity index (χ3n) is 5.18. The Labute approximate surface area is 172 Å². The van der Waals surface area contributed by atoms with Crippen LogP contribution in [0, 0.1) is 0 Å². The largest absolute Gasteiger partial charge is 0.465 e. The van der Waals surface area contributed by atoms with E-state index in [0.29, 0.717) is 17.9 Å². The first-order chi connectivity index (χ1) is 14.5. The van der Waals surface area contributed by atoms with Crippen molar-refractivity contribution < 1.29 is 28.7 Å². The number of amides is 3. The Morgan fingerprint density at radius 2 is 1.90 bits per heavy atom. The second-order valence-electron chi connectivity index (χ2n) is 7.14. The molecule has 3 amide bonds. The number of carbonyl (C=O) groups excluding carboxylic acids is 4. The van der Waals surface area contributed by atoms with Gasteiger partial charge in [-0.1, -0.05) is 6.07 Å². The summed E-state index contributed by atoms with van der Waals surface area (Å²) in [5, 5.41) is 2.69. The van der Waals surface area contributed by atoms with E-state index >= 15 is 0 Å². The lowest BCUT2D eigenvalue weighted by Crippen LogP contribution is -2.36. The lowest BCUT2D eigenvalue weighted by Gasteiger charge is -2.17. The van der Waals surface area contributed by atoms with Gasteiger partial charge in [-0.05, 0) is 49.2 Å². The number of hydrogen-bond acceptors (Lipinski definition) is 6. The number of imide groups is 1. The first-order valence-electron chi connectivity index (χ1n) is 9.59. The van der Waals surface area contributed by atoms with Crippen molar-refractivity contribution in [1.82, 2.24) is 4.90 Å². The highest BCUT2D eigenvalue weighted by Crippen LogP contribution is 2.26. The summed E-state index contributed by atoms with van der Waals surface area (Å²) < 4.78 is 10.2. The van der Waals surface area contributed by atoms with Crippen molar-refractivity contribution in [3.05, 3.63) is 64.7 Å². The topological polar surface area (TPSA) is 102 Å². The third-order valence-corrected chi connectivity index (χ3v) is 5.18. The van der Waals surface area contributed by atoms with Gasteiger partial charge in [0.1, 0.15) is 0 Å². The van der Waals surface area contributed by atoms with Gasteiger partial charge in [-0.15, -0.1) is 0 Å². The molecule has 2 aliphatic rings. The zero-order valence-electron chi connectivity index (χ0n) is 16.3. The average molecular weight is 408 g/mol. The van der Waals surface area contributed by atoms with Crippen molar-refractivity contribution >= 4 is 29.4 Å². The van der Waals surface area contributed by atoms with Crippen LogP contribution in [0.4, 0.5) is 5.69 Å². The monoisotopic (exact) mass is 408 g/mol. The number of nitrogens with zero attached hydrogens (tertiary/aromatic N) is 1. The lowest BCUT2D eigenvalue weighted by molar-refractivity contribution is 0.0475. The van der Waals surface area contributed by atoms with Crippen LogP contribution in [0.1, 0.15) is 54.3 Å². The van der Waals surface area contributed by atoms with Crippen molar-refractivity contribution in [2.75, 3.05) is 25.6 Å². The van der Waals surface area contributed by atoms with E-state index in [1.807, 2.05) is 0 Å². The first-order valence-corrected chi connectivity index (χ1v) is 9.59. The standard InChI is InChI=1S/C22H20N2O6/c1-29-22(28)14-4-2-5-15(10-14)23-19(25)13-7-8-17-18(11-13)21(27)24(20(17)26)12-16-6-3-9-30-16/h2,4-5,7-8,10-11,16H,3,6,9,12H2,1H3,(H,23,25)/t16-/m1/s1. The predicted molar refractivity (Wildman–Crippen MR) is 107 cm³/mol. The lowest BCUT2D eigenvalue weighted by atomic mass is 10.1. The van der Waals surface area contributed by atoms with Gasteiger partial charge >= 0.3 is 5.97 Å². The van der Waals surface area contributed by atoms with Crippen molar-refractivity contribution in [3.63, 3.8) is 0 Å². The molecule has 0 aromatic heterocycles. The Balaban J connectivity index is 1.52. The molecule has 0 aliphatic carbocycles. The molecule has 8 heteroatoms. The Kier molecular flexibility index (Phi) is 5.33. The van der Waals surface area contributed by atoms with Crippen LogP contribution in [-0.2, 0) is 9.47 Å². The van der Waals surface area contributed by atoms with E-state index in [0.717, 1.165) is 12.8 Å². The minimum Gasteiger partial charge on any atom is -0.465 e. The van der Waals surface area contributed by atoms with Crippen molar-refractivity contribution in [1.29, 1.82) is 0 Å².